The van der Waals surface area contributed by atoms with E-state index in [1.165, 1.54) is 12.5 Å². The van der Waals surface area contributed by atoms with Crippen LogP contribution in [0.5, 0.6) is 11.6 Å². The predicted octanol–water partition coefficient (Wildman–Crippen LogP) is 3.16. The highest BCUT2D eigenvalue weighted by Crippen LogP contribution is 2.29. The standard InChI is InChI=1S/C10H7Cl2N3O/c11-6-1-7(12)3-8(2-6)16-10-9(13)4-14-5-15-10/h1-5H,13H2. The van der Waals surface area contributed by atoms with Gasteiger partial charge in [-0.05, 0) is 18.2 Å². The molecule has 16 heavy (non-hydrogen) atoms. The number of nitrogens with zero attached hydrogens (tertiary/aromatic N) is 2. The van der Waals surface area contributed by atoms with Crippen LogP contribution in [0.2, 0.25) is 10.0 Å². The van der Waals surface area contributed by atoms with Gasteiger partial charge in [0.1, 0.15) is 17.8 Å². The number of anilines is 1. The van der Waals surface area contributed by atoms with E-state index in [-0.39, 0.29) is 5.88 Å². The molecule has 0 spiro atoms. The van der Waals surface area contributed by atoms with Crippen LogP contribution in [-0.4, -0.2) is 9.97 Å². The minimum Gasteiger partial charge on any atom is -0.437 e. The molecule has 0 bridgehead atoms. The smallest absolute Gasteiger partial charge is 0.245 e. The van der Waals surface area contributed by atoms with E-state index in [1.54, 1.807) is 18.2 Å². The molecule has 82 valence electrons. The van der Waals surface area contributed by atoms with Crippen molar-refractivity contribution < 1.29 is 4.74 Å². The molecule has 0 radical (unpaired) electrons. The molecule has 1 heterocycles. The lowest BCUT2D eigenvalue weighted by Gasteiger charge is -2.06. The Balaban J connectivity index is 2.30. The zero-order chi connectivity index (χ0) is 11.5. The van der Waals surface area contributed by atoms with Gasteiger partial charge in [0.15, 0.2) is 0 Å². The highest BCUT2D eigenvalue weighted by molar-refractivity contribution is 6.34. The minimum absolute atomic E-state index is 0.272. The molecule has 2 N–H and O–H groups in total. The van der Waals surface area contributed by atoms with Gasteiger partial charge in [-0.15, -0.1) is 0 Å². The Morgan fingerprint density at radius 3 is 2.44 bits per heavy atom. The summed E-state index contributed by atoms with van der Waals surface area (Å²) in [6.07, 6.45) is 2.80. The Morgan fingerprint density at radius 1 is 1.12 bits per heavy atom. The summed E-state index contributed by atoms with van der Waals surface area (Å²) in [5, 5.41) is 0.963. The topological polar surface area (TPSA) is 61.0 Å². The first kappa shape index (κ1) is 11.0. The second-order valence-electron chi connectivity index (χ2n) is 2.99. The number of halogens is 2. The molecule has 0 saturated heterocycles. The van der Waals surface area contributed by atoms with Gasteiger partial charge in [0, 0.05) is 10.0 Å². The maximum Gasteiger partial charge on any atom is 0.245 e. The van der Waals surface area contributed by atoms with Crippen LogP contribution in [0, 0.1) is 0 Å². The molecular weight excluding hydrogens is 249 g/mol. The van der Waals surface area contributed by atoms with Crippen LogP contribution in [0.1, 0.15) is 0 Å². The lowest BCUT2D eigenvalue weighted by atomic mass is 10.3. The van der Waals surface area contributed by atoms with Crippen LogP contribution >= 0.6 is 23.2 Å². The molecule has 0 fully saturated rings. The number of ether oxygens (including phenoxy) is 1. The van der Waals surface area contributed by atoms with Gasteiger partial charge < -0.3 is 10.5 Å². The fourth-order valence-electron chi connectivity index (χ4n) is 1.11. The van der Waals surface area contributed by atoms with Crippen molar-refractivity contribution in [1.29, 1.82) is 0 Å². The molecule has 0 unspecified atom stereocenters. The normalized spacial score (nSPS) is 10.1. The summed E-state index contributed by atoms with van der Waals surface area (Å²) in [6, 6.07) is 4.85. The van der Waals surface area contributed by atoms with Gasteiger partial charge in [0.2, 0.25) is 5.88 Å². The summed E-state index contributed by atoms with van der Waals surface area (Å²) in [5.41, 5.74) is 5.97. The quantitative estimate of drug-likeness (QED) is 0.896. The van der Waals surface area contributed by atoms with Crippen LogP contribution in [0.25, 0.3) is 0 Å². The Labute approximate surface area is 102 Å². The fourth-order valence-corrected chi connectivity index (χ4v) is 1.62. The van der Waals surface area contributed by atoms with E-state index in [2.05, 4.69) is 9.97 Å². The SMILES string of the molecule is Nc1cncnc1Oc1cc(Cl)cc(Cl)c1. The van der Waals surface area contributed by atoms with Crippen molar-refractivity contribution in [2.45, 2.75) is 0 Å². The second kappa shape index (κ2) is 4.55. The minimum atomic E-state index is 0.272. The molecule has 0 saturated carbocycles. The Hall–Kier alpha value is -1.52. The third-order valence-corrected chi connectivity index (χ3v) is 2.19. The van der Waals surface area contributed by atoms with Crippen molar-refractivity contribution in [2.75, 3.05) is 5.73 Å². The largest absolute Gasteiger partial charge is 0.437 e. The zero-order valence-electron chi connectivity index (χ0n) is 8.02. The van der Waals surface area contributed by atoms with Crippen LogP contribution in [-0.2, 0) is 0 Å². The van der Waals surface area contributed by atoms with Gasteiger partial charge in [-0.3, -0.25) is 0 Å². The van der Waals surface area contributed by atoms with Crippen molar-refractivity contribution in [1.82, 2.24) is 9.97 Å². The summed E-state index contributed by atoms with van der Waals surface area (Å²) in [4.78, 5) is 7.64. The molecule has 0 atom stereocenters. The number of hydrogen-bond donors (Lipinski definition) is 1. The molecule has 1 aromatic carbocycles. The first-order chi connectivity index (χ1) is 7.65. The van der Waals surface area contributed by atoms with Gasteiger partial charge in [-0.2, -0.15) is 4.98 Å². The molecule has 1 aromatic heterocycles. The van der Waals surface area contributed by atoms with Gasteiger partial charge in [-0.25, -0.2) is 4.98 Å². The fraction of sp³-hybridized carbons (Fsp3) is 0. The molecule has 0 aliphatic heterocycles. The molecule has 2 rings (SSSR count). The van der Waals surface area contributed by atoms with Crippen LogP contribution in [0.4, 0.5) is 5.69 Å². The Kier molecular flexibility index (Phi) is 3.12. The zero-order valence-corrected chi connectivity index (χ0v) is 9.53. The summed E-state index contributed by atoms with van der Waals surface area (Å²) in [7, 11) is 0. The van der Waals surface area contributed by atoms with Crippen molar-refractivity contribution in [3.63, 3.8) is 0 Å². The Bertz CT molecular complexity index is 499. The first-order valence-corrected chi connectivity index (χ1v) is 5.10. The summed E-state index contributed by atoms with van der Waals surface area (Å²) in [6.45, 7) is 0. The van der Waals surface area contributed by atoms with Crippen LogP contribution in [0.15, 0.2) is 30.7 Å². The van der Waals surface area contributed by atoms with Gasteiger partial charge in [0.25, 0.3) is 0 Å². The van der Waals surface area contributed by atoms with Crippen molar-refractivity contribution in [2.24, 2.45) is 0 Å². The molecule has 0 amide bonds. The molecule has 0 aliphatic carbocycles. The number of benzene rings is 1. The monoisotopic (exact) mass is 255 g/mol. The molecular formula is C10H7Cl2N3O. The van der Waals surface area contributed by atoms with Crippen LogP contribution < -0.4 is 10.5 Å². The second-order valence-corrected chi connectivity index (χ2v) is 3.86. The molecule has 6 heteroatoms. The molecule has 2 aromatic rings. The average molecular weight is 256 g/mol. The lowest BCUT2D eigenvalue weighted by molar-refractivity contribution is 0.464. The number of nitrogen functional groups attached to an aromatic ring is 1. The number of nitrogens with two attached hydrogens (primary N) is 1. The number of rotatable bonds is 2. The van der Waals surface area contributed by atoms with Gasteiger partial charge in [0.05, 0.1) is 6.20 Å². The van der Waals surface area contributed by atoms with Crippen molar-refractivity contribution in [3.8, 4) is 11.6 Å². The van der Waals surface area contributed by atoms with E-state index in [0.717, 1.165) is 0 Å². The molecule has 4 nitrogen and oxygen atoms in total. The third-order valence-electron chi connectivity index (χ3n) is 1.75. The van der Waals surface area contributed by atoms with Crippen LogP contribution in [0.3, 0.4) is 0 Å². The molecule has 0 aliphatic rings. The van der Waals surface area contributed by atoms with E-state index in [1.807, 2.05) is 0 Å². The van der Waals surface area contributed by atoms with E-state index < -0.39 is 0 Å². The van der Waals surface area contributed by atoms with E-state index in [4.69, 9.17) is 33.7 Å². The summed E-state index contributed by atoms with van der Waals surface area (Å²) < 4.78 is 5.43. The van der Waals surface area contributed by atoms with Crippen molar-refractivity contribution in [3.05, 3.63) is 40.8 Å². The summed E-state index contributed by atoms with van der Waals surface area (Å²) in [5.74, 6) is 0.747. The van der Waals surface area contributed by atoms with Gasteiger partial charge >= 0.3 is 0 Å². The first-order valence-electron chi connectivity index (χ1n) is 4.34. The number of hydrogen-bond acceptors (Lipinski definition) is 4. The maximum absolute atomic E-state index is 5.83. The van der Waals surface area contributed by atoms with E-state index >= 15 is 0 Å². The van der Waals surface area contributed by atoms with Gasteiger partial charge in [-0.1, -0.05) is 23.2 Å². The lowest BCUT2D eigenvalue weighted by Crippen LogP contribution is -1.95. The predicted molar refractivity (Wildman–Crippen MR) is 63.0 cm³/mol. The average Bonchev–Trinajstić information content (AvgIpc) is 2.20. The third kappa shape index (κ3) is 2.53. The Morgan fingerprint density at radius 2 is 1.81 bits per heavy atom. The highest BCUT2D eigenvalue weighted by Gasteiger charge is 2.05. The maximum atomic E-state index is 5.83. The van der Waals surface area contributed by atoms with E-state index in [9.17, 15) is 0 Å². The summed E-state index contributed by atoms with van der Waals surface area (Å²) >= 11 is 11.7. The van der Waals surface area contributed by atoms with E-state index in [0.29, 0.717) is 21.5 Å². The van der Waals surface area contributed by atoms with Crippen molar-refractivity contribution >= 4 is 28.9 Å². The number of aromatic nitrogens is 2. The highest BCUT2D eigenvalue weighted by atomic mass is 35.5.